The Kier molecular flexibility index (Phi) is 3.41. The van der Waals surface area contributed by atoms with Gasteiger partial charge in [-0.25, -0.2) is 4.79 Å². The second-order valence-corrected chi connectivity index (χ2v) is 6.46. The highest BCUT2D eigenvalue weighted by Gasteiger charge is 2.55. The van der Waals surface area contributed by atoms with E-state index >= 15 is 0 Å². The van der Waals surface area contributed by atoms with Gasteiger partial charge in [0.15, 0.2) is 0 Å². The fourth-order valence-corrected chi connectivity index (χ4v) is 2.83. The minimum Gasteiger partial charge on any atom is -0.277 e. The van der Waals surface area contributed by atoms with Gasteiger partial charge in [-0.1, -0.05) is 33.6 Å². The van der Waals surface area contributed by atoms with Crippen LogP contribution in [0.1, 0.15) is 52.9 Å². The Morgan fingerprint density at radius 2 is 1.79 bits per heavy atom. The smallest absolute Gasteiger partial charge is 0.277 e. The van der Waals surface area contributed by atoms with Gasteiger partial charge in [-0.15, -0.1) is 0 Å². The van der Waals surface area contributed by atoms with E-state index in [-0.39, 0.29) is 11.3 Å². The van der Waals surface area contributed by atoms with Gasteiger partial charge in [0.05, 0.1) is 0 Å². The van der Waals surface area contributed by atoms with E-state index in [0.717, 1.165) is 19.3 Å². The zero-order chi connectivity index (χ0) is 14.3. The summed E-state index contributed by atoms with van der Waals surface area (Å²) in [6.07, 6.45) is 3.74. The first-order chi connectivity index (χ1) is 8.82. The zero-order valence-electron chi connectivity index (χ0n) is 11.9. The van der Waals surface area contributed by atoms with Crippen molar-refractivity contribution in [1.29, 1.82) is 0 Å². The quantitative estimate of drug-likeness (QED) is 0.795. The van der Waals surface area contributed by atoms with E-state index in [2.05, 4.69) is 5.32 Å². The number of nitrogens with one attached hydrogen (secondary N) is 1. The van der Waals surface area contributed by atoms with E-state index < -0.39 is 17.4 Å². The van der Waals surface area contributed by atoms with Crippen molar-refractivity contribution in [1.82, 2.24) is 10.2 Å². The van der Waals surface area contributed by atoms with Gasteiger partial charge in [0.2, 0.25) is 11.8 Å². The molecule has 1 heterocycles. The first kappa shape index (κ1) is 14.0. The average Bonchev–Trinajstić information content (AvgIpc) is 2.84. The molecular weight excluding hydrogens is 244 g/mol. The Hall–Kier alpha value is -1.39. The maximum Gasteiger partial charge on any atom is 0.330 e. The van der Waals surface area contributed by atoms with Gasteiger partial charge in [-0.2, -0.15) is 0 Å². The molecule has 1 aliphatic heterocycles. The number of urea groups is 1. The molecule has 106 valence electrons. The predicted octanol–water partition coefficient (Wildman–Crippen LogP) is 2.06. The summed E-state index contributed by atoms with van der Waals surface area (Å²) >= 11 is 0. The molecule has 0 aromatic carbocycles. The summed E-state index contributed by atoms with van der Waals surface area (Å²) in [4.78, 5) is 37.8. The van der Waals surface area contributed by atoms with Crippen molar-refractivity contribution in [3.8, 4) is 0 Å². The van der Waals surface area contributed by atoms with E-state index in [9.17, 15) is 14.4 Å². The van der Waals surface area contributed by atoms with Crippen molar-refractivity contribution in [2.24, 2.45) is 10.8 Å². The third-order valence-electron chi connectivity index (χ3n) is 4.56. The first-order valence-corrected chi connectivity index (χ1v) is 7.00. The lowest BCUT2D eigenvalue weighted by molar-refractivity contribution is -0.152. The summed E-state index contributed by atoms with van der Waals surface area (Å²) in [5.74, 6) is -0.689. The normalized spacial score (nSPS) is 23.1. The summed E-state index contributed by atoms with van der Waals surface area (Å²) in [7, 11) is 0. The van der Waals surface area contributed by atoms with Crippen molar-refractivity contribution in [3.05, 3.63) is 0 Å². The molecule has 0 aromatic rings. The Morgan fingerprint density at radius 3 is 2.32 bits per heavy atom. The number of barbiturate groups is 1. The Morgan fingerprint density at radius 1 is 1.21 bits per heavy atom. The lowest BCUT2D eigenvalue weighted by atomic mass is 9.81. The van der Waals surface area contributed by atoms with Crippen molar-refractivity contribution < 1.29 is 14.4 Å². The second-order valence-electron chi connectivity index (χ2n) is 6.46. The highest BCUT2D eigenvalue weighted by atomic mass is 16.2. The number of hydrogen-bond acceptors (Lipinski definition) is 3. The van der Waals surface area contributed by atoms with E-state index in [1.54, 1.807) is 0 Å². The molecule has 5 heteroatoms. The molecule has 1 saturated carbocycles. The van der Waals surface area contributed by atoms with E-state index in [1.807, 2.05) is 20.8 Å². The molecule has 0 aromatic heterocycles. The van der Waals surface area contributed by atoms with Crippen molar-refractivity contribution >= 4 is 17.8 Å². The molecule has 1 spiro atoms. The van der Waals surface area contributed by atoms with Crippen LogP contribution in [-0.4, -0.2) is 29.3 Å². The highest BCUT2D eigenvalue weighted by molar-refractivity contribution is 6.19. The van der Waals surface area contributed by atoms with E-state index in [1.165, 1.54) is 4.90 Å². The van der Waals surface area contributed by atoms with Crippen LogP contribution in [-0.2, 0) is 9.59 Å². The Bertz CT molecular complexity index is 422. The second kappa shape index (κ2) is 4.62. The lowest BCUT2D eigenvalue weighted by Gasteiger charge is -2.40. The van der Waals surface area contributed by atoms with Crippen LogP contribution in [0.5, 0.6) is 0 Å². The van der Waals surface area contributed by atoms with E-state index in [4.69, 9.17) is 0 Å². The minimum absolute atomic E-state index is 0.132. The molecular formula is C14H22N2O3. The maximum absolute atomic E-state index is 12.6. The maximum atomic E-state index is 12.6. The number of amides is 4. The molecule has 2 aliphatic rings. The van der Waals surface area contributed by atoms with Crippen molar-refractivity contribution in [2.75, 3.05) is 6.54 Å². The van der Waals surface area contributed by atoms with Crippen LogP contribution in [0.3, 0.4) is 0 Å². The number of imide groups is 2. The minimum atomic E-state index is -0.974. The summed E-state index contributed by atoms with van der Waals surface area (Å²) < 4.78 is 0. The van der Waals surface area contributed by atoms with Gasteiger partial charge in [0.25, 0.3) is 0 Å². The summed E-state index contributed by atoms with van der Waals surface area (Å²) in [6, 6.07) is -0.561. The van der Waals surface area contributed by atoms with Gasteiger partial charge in [-0.3, -0.25) is 19.8 Å². The monoisotopic (exact) mass is 266 g/mol. The SMILES string of the molecule is CCC(C)(C)CN1C(=O)NC(=O)C2(CCCC2)C1=O. The number of carbonyl (C=O) groups excluding carboxylic acids is 3. The van der Waals surface area contributed by atoms with Crippen LogP contribution in [0.2, 0.25) is 0 Å². The molecule has 1 saturated heterocycles. The molecule has 0 atom stereocenters. The number of nitrogens with zero attached hydrogens (tertiary/aromatic N) is 1. The largest absolute Gasteiger partial charge is 0.330 e. The molecule has 1 aliphatic carbocycles. The van der Waals surface area contributed by atoms with Crippen LogP contribution < -0.4 is 5.32 Å². The van der Waals surface area contributed by atoms with Crippen molar-refractivity contribution in [2.45, 2.75) is 52.9 Å². The predicted molar refractivity (Wildman–Crippen MR) is 70.2 cm³/mol. The molecule has 0 bridgehead atoms. The third kappa shape index (κ3) is 2.26. The molecule has 2 rings (SSSR count). The molecule has 19 heavy (non-hydrogen) atoms. The molecule has 4 amide bonds. The number of carbonyl (C=O) groups is 3. The lowest BCUT2D eigenvalue weighted by Crippen LogP contribution is -2.64. The molecule has 0 unspecified atom stereocenters. The topological polar surface area (TPSA) is 66.5 Å². The molecule has 1 N–H and O–H groups in total. The first-order valence-electron chi connectivity index (χ1n) is 7.00. The third-order valence-corrected chi connectivity index (χ3v) is 4.56. The van der Waals surface area contributed by atoms with Gasteiger partial charge in [-0.05, 0) is 24.7 Å². The van der Waals surface area contributed by atoms with Crippen LogP contribution >= 0.6 is 0 Å². The van der Waals surface area contributed by atoms with Crippen molar-refractivity contribution in [3.63, 3.8) is 0 Å². The fourth-order valence-electron chi connectivity index (χ4n) is 2.83. The number of rotatable bonds is 3. The standard InChI is InChI=1S/C14H22N2O3/c1-4-13(2,3)9-16-11(18)14(7-5-6-8-14)10(17)15-12(16)19/h4-9H2,1-3H3,(H,15,17,19). The Balaban J connectivity index is 2.26. The summed E-state index contributed by atoms with van der Waals surface area (Å²) in [6.45, 7) is 6.43. The van der Waals surface area contributed by atoms with Crippen LogP contribution in [0, 0.1) is 10.8 Å². The van der Waals surface area contributed by atoms with Gasteiger partial charge < -0.3 is 0 Å². The molecule has 5 nitrogen and oxygen atoms in total. The molecule has 0 radical (unpaired) electrons. The van der Waals surface area contributed by atoms with Crippen LogP contribution in [0.15, 0.2) is 0 Å². The number of hydrogen-bond donors (Lipinski definition) is 1. The Labute approximate surface area is 113 Å². The summed E-state index contributed by atoms with van der Waals surface area (Å²) in [5, 5.41) is 2.37. The van der Waals surface area contributed by atoms with Crippen LogP contribution in [0.25, 0.3) is 0 Å². The van der Waals surface area contributed by atoms with Gasteiger partial charge in [0, 0.05) is 6.54 Å². The van der Waals surface area contributed by atoms with Gasteiger partial charge >= 0.3 is 6.03 Å². The summed E-state index contributed by atoms with van der Waals surface area (Å²) in [5.41, 5.74) is -1.11. The fraction of sp³-hybridized carbons (Fsp3) is 0.786. The van der Waals surface area contributed by atoms with Crippen LogP contribution in [0.4, 0.5) is 4.79 Å². The highest BCUT2D eigenvalue weighted by Crippen LogP contribution is 2.42. The average molecular weight is 266 g/mol. The van der Waals surface area contributed by atoms with E-state index in [0.29, 0.717) is 19.4 Å². The van der Waals surface area contributed by atoms with Gasteiger partial charge in [0.1, 0.15) is 5.41 Å². The zero-order valence-corrected chi connectivity index (χ0v) is 11.9. The molecule has 2 fully saturated rings.